The van der Waals surface area contributed by atoms with Gasteiger partial charge in [0.05, 0.1) is 39.6 Å². The van der Waals surface area contributed by atoms with Crippen LogP contribution in [0.1, 0.15) is 0 Å². The highest BCUT2D eigenvalue weighted by Gasteiger charge is 1.90. The Morgan fingerprint density at radius 1 is 0.933 bits per heavy atom. The Morgan fingerprint density at radius 3 is 2.00 bits per heavy atom. The predicted octanol–water partition coefficient (Wildman–Crippen LogP) is 1.28. The number of hydrogen-bond donors (Lipinski definition) is 1. The average molecular weight is 235 g/mol. The van der Waals surface area contributed by atoms with Gasteiger partial charge in [0.25, 0.3) is 0 Å². The maximum absolute atomic E-state index is 7.97. The number of thiol groups is 1. The molecule has 0 N–H and O–H groups in total. The molecule has 0 heterocycles. The molecule has 15 heavy (non-hydrogen) atoms. The van der Waals surface area contributed by atoms with Crippen molar-refractivity contribution in [3.8, 4) is 0 Å². The maximum Gasteiger partial charge on any atom is 0.0701 e. The van der Waals surface area contributed by atoms with E-state index in [1.807, 2.05) is 0 Å². The summed E-state index contributed by atoms with van der Waals surface area (Å²) >= 11 is 4.00. The largest absolute Gasteiger partial charge is 0.379 e. The molecule has 0 bridgehead atoms. The Morgan fingerprint density at radius 2 is 1.47 bits per heavy atom. The van der Waals surface area contributed by atoms with Crippen molar-refractivity contribution in [2.75, 3.05) is 51.9 Å². The molecule has 0 aromatic heterocycles. The Hall–Kier alpha value is -0.460. The fraction of sp³-hybridized carbons (Fsp3) is 1.00. The van der Waals surface area contributed by atoms with E-state index < -0.39 is 0 Å². The first-order valence-corrected chi connectivity index (χ1v) is 5.40. The lowest BCUT2D eigenvalue weighted by atomic mass is 10.7. The summed E-state index contributed by atoms with van der Waals surface area (Å²) in [5.41, 5.74) is 7.97. The molecule has 0 atom stereocenters. The Kier molecular flexibility index (Phi) is 13.1. The van der Waals surface area contributed by atoms with Crippen LogP contribution in [0.2, 0.25) is 0 Å². The van der Waals surface area contributed by atoms with Gasteiger partial charge in [-0.25, -0.2) is 0 Å². The first-order chi connectivity index (χ1) is 7.41. The van der Waals surface area contributed by atoms with Crippen LogP contribution < -0.4 is 0 Å². The number of ether oxygens (including phenoxy) is 3. The van der Waals surface area contributed by atoms with Crippen LogP contribution in [-0.2, 0) is 14.2 Å². The fourth-order valence-electron chi connectivity index (χ4n) is 0.757. The lowest BCUT2D eigenvalue weighted by Crippen LogP contribution is -2.11. The van der Waals surface area contributed by atoms with E-state index in [0.29, 0.717) is 46.2 Å². The molecule has 0 saturated carbocycles. The molecule has 0 amide bonds. The van der Waals surface area contributed by atoms with Crippen LogP contribution >= 0.6 is 12.6 Å². The van der Waals surface area contributed by atoms with Crippen LogP contribution in [0.3, 0.4) is 0 Å². The summed E-state index contributed by atoms with van der Waals surface area (Å²) in [5.74, 6) is 0.725. The van der Waals surface area contributed by atoms with E-state index in [4.69, 9.17) is 19.7 Å². The molecule has 0 fully saturated rings. The second-order valence-corrected chi connectivity index (χ2v) is 2.96. The smallest absolute Gasteiger partial charge is 0.0701 e. The summed E-state index contributed by atoms with van der Waals surface area (Å²) in [6, 6.07) is 0. The molecule has 0 radical (unpaired) electrons. The van der Waals surface area contributed by atoms with E-state index in [1.54, 1.807) is 0 Å². The number of hydrogen-bond acceptors (Lipinski definition) is 5. The van der Waals surface area contributed by atoms with Gasteiger partial charge in [-0.2, -0.15) is 12.6 Å². The fourth-order valence-corrected chi connectivity index (χ4v) is 0.886. The zero-order chi connectivity index (χ0) is 11.2. The van der Waals surface area contributed by atoms with Crippen molar-refractivity contribution in [2.45, 2.75) is 0 Å². The Labute approximate surface area is 94.9 Å². The topological polar surface area (TPSA) is 76.5 Å². The minimum absolute atomic E-state index is 0.363. The average Bonchev–Trinajstić information content (AvgIpc) is 2.26. The van der Waals surface area contributed by atoms with Crippen molar-refractivity contribution in [2.24, 2.45) is 5.11 Å². The summed E-state index contributed by atoms with van der Waals surface area (Å²) in [7, 11) is 0. The zero-order valence-electron chi connectivity index (χ0n) is 8.67. The minimum atomic E-state index is 0.363. The van der Waals surface area contributed by atoms with Gasteiger partial charge in [0.2, 0.25) is 0 Å². The number of azide groups is 1. The van der Waals surface area contributed by atoms with Crippen LogP contribution in [0, 0.1) is 0 Å². The highest BCUT2D eigenvalue weighted by Crippen LogP contribution is 1.83. The van der Waals surface area contributed by atoms with Crippen molar-refractivity contribution < 1.29 is 14.2 Å². The minimum Gasteiger partial charge on any atom is -0.379 e. The molecule has 0 rings (SSSR count). The molecule has 0 aliphatic rings. The van der Waals surface area contributed by atoms with Gasteiger partial charge in [-0.05, 0) is 5.53 Å². The van der Waals surface area contributed by atoms with Crippen LogP contribution in [0.15, 0.2) is 5.11 Å². The normalized spacial score (nSPS) is 9.93. The third-order valence-corrected chi connectivity index (χ3v) is 1.56. The predicted molar refractivity (Wildman–Crippen MR) is 60.3 cm³/mol. The first-order valence-electron chi connectivity index (χ1n) is 4.76. The summed E-state index contributed by atoms with van der Waals surface area (Å²) in [6.07, 6.45) is 0. The van der Waals surface area contributed by atoms with Crippen molar-refractivity contribution in [3.05, 3.63) is 10.4 Å². The molecular formula is C8H17N3O3S. The summed E-state index contributed by atoms with van der Waals surface area (Å²) < 4.78 is 15.5. The van der Waals surface area contributed by atoms with Crippen LogP contribution in [-0.4, -0.2) is 51.9 Å². The molecule has 0 aliphatic heterocycles. The van der Waals surface area contributed by atoms with Gasteiger partial charge in [0.15, 0.2) is 0 Å². The number of rotatable bonds is 11. The first kappa shape index (κ1) is 14.5. The third kappa shape index (κ3) is 13.5. The van der Waals surface area contributed by atoms with Gasteiger partial charge in [0.1, 0.15) is 0 Å². The maximum atomic E-state index is 7.97. The van der Waals surface area contributed by atoms with Crippen LogP contribution in [0.25, 0.3) is 10.4 Å². The Bertz CT molecular complexity index is 177. The zero-order valence-corrected chi connectivity index (χ0v) is 9.56. The van der Waals surface area contributed by atoms with Crippen molar-refractivity contribution in [1.29, 1.82) is 0 Å². The SMILES string of the molecule is [N-]=[N+]=NCCOCCOCCOCCS. The van der Waals surface area contributed by atoms with Crippen LogP contribution in [0.5, 0.6) is 0 Å². The van der Waals surface area contributed by atoms with E-state index in [9.17, 15) is 0 Å². The highest BCUT2D eigenvalue weighted by molar-refractivity contribution is 7.80. The molecule has 0 saturated heterocycles. The van der Waals surface area contributed by atoms with Gasteiger partial charge >= 0.3 is 0 Å². The standard InChI is InChI=1S/C8H17N3O3S/c9-11-10-1-2-12-3-4-13-5-6-14-7-8-15/h15H,1-8H2. The van der Waals surface area contributed by atoms with E-state index in [-0.39, 0.29) is 0 Å². The molecule has 0 aromatic rings. The van der Waals surface area contributed by atoms with E-state index in [0.717, 1.165) is 5.75 Å². The molecule has 88 valence electrons. The van der Waals surface area contributed by atoms with E-state index in [2.05, 4.69) is 22.7 Å². The lowest BCUT2D eigenvalue weighted by Gasteiger charge is -2.05. The lowest BCUT2D eigenvalue weighted by molar-refractivity contribution is 0.0190. The molecule has 0 aliphatic carbocycles. The molecule has 0 aromatic carbocycles. The summed E-state index contributed by atoms with van der Waals surface area (Å²) in [4.78, 5) is 2.60. The summed E-state index contributed by atoms with van der Waals surface area (Å²) in [5, 5.41) is 3.33. The van der Waals surface area contributed by atoms with Gasteiger partial charge in [-0.15, -0.1) is 0 Å². The third-order valence-electron chi connectivity index (χ3n) is 1.38. The molecule has 0 unspecified atom stereocenters. The van der Waals surface area contributed by atoms with Crippen molar-refractivity contribution in [3.63, 3.8) is 0 Å². The van der Waals surface area contributed by atoms with Crippen molar-refractivity contribution >= 4 is 12.6 Å². The van der Waals surface area contributed by atoms with E-state index in [1.165, 1.54) is 0 Å². The second-order valence-electron chi connectivity index (χ2n) is 2.52. The van der Waals surface area contributed by atoms with Gasteiger partial charge in [0, 0.05) is 17.2 Å². The molecule has 6 nitrogen and oxygen atoms in total. The van der Waals surface area contributed by atoms with Gasteiger partial charge in [-0.3, -0.25) is 0 Å². The van der Waals surface area contributed by atoms with Crippen LogP contribution in [0.4, 0.5) is 0 Å². The quantitative estimate of drug-likeness (QED) is 0.193. The molecule has 7 heteroatoms. The highest BCUT2D eigenvalue weighted by atomic mass is 32.1. The van der Waals surface area contributed by atoms with Gasteiger partial charge < -0.3 is 14.2 Å². The van der Waals surface area contributed by atoms with Gasteiger partial charge in [-0.1, -0.05) is 5.11 Å². The van der Waals surface area contributed by atoms with Crippen molar-refractivity contribution in [1.82, 2.24) is 0 Å². The summed E-state index contributed by atoms with van der Waals surface area (Å²) in [6.45, 7) is 3.63. The molecular weight excluding hydrogens is 218 g/mol. The Balaban J connectivity index is 2.89. The monoisotopic (exact) mass is 235 g/mol. The second kappa shape index (κ2) is 13.5. The molecule has 0 spiro atoms. The number of nitrogens with zero attached hydrogens (tertiary/aromatic N) is 3. The van der Waals surface area contributed by atoms with E-state index >= 15 is 0 Å².